The highest BCUT2D eigenvalue weighted by Crippen LogP contribution is 2.31. The molecule has 0 amide bonds. The molecule has 168 valence electrons. The van der Waals surface area contributed by atoms with Crippen molar-refractivity contribution in [3.63, 3.8) is 0 Å². The second-order valence-corrected chi connectivity index (χ2v) is 9.53. The van der Waals surface area contributed by atoms with E-state index in [-0.39, 0.29) is 17.8 Å². The molecule has 0 unspecified atom stereocenters. The summed E-state index contributed by atoms with van der Waals surface area (Å²) < 4.78 is 5.69. The number of nitrogens with zero attached hydrogens (tertiary/aromatic N) is 4. The van der Waals surface area contributed by atoms with Gasteiger partial charge in [0.15, 0.2) is 11.6 Å². The predicted molar refractivity (Wildman–Crippen MR) is 121 cm³/mol. The molecule has 0 radical (unpaired) electrons. The first kappa shape index (κ1) is 23.1. The maximum absolute atomic E-state index is 12.6. The van der Waals surface area contributed by atoms with Crippen LogP contribution in [0.3, 0.4) is 0 Å². The predicted octanol–water partition coefficient (Wildman–Crippen LogP) is 3.62. The van der Waals surface area contributed by atoms with E-state index in [2.05, 4.69) is 25.8 Å². The number of aliphatic hydroxyl groups is 1. The lowest BCUT2D eigenvalue weighted by atomic mass is 9.90. The van der Waals surface area contributed by atoms with E-state index in [9.17, 15) is 9.90 Å². The van der Waals surface area contributed by atoms with E-state index >= 15 is 0 Å². The zero-order valence-electron chi connectivity index (χ0n) is 19.3. The summed E-state index contributed by atoms with van der Waals surface area (Å²) in [6.07, 6.45) is 5.19. The van der Waals surface area contributed by atoms with Gasteiger partial charge in [0.05, 0.1) is 12.6 Å². The highest BCUT2D eigenvalue weighted by Gasteiger charge is 2.24. The minimum Gasteiger partial charge on any atom is -0.491 e. The average molecular weight is 427 g/mol. The quantitative estimate of drug-likeness (QED) is 0.655. The largest absolute Gasteiger partial charge is 0.491 e. The van der Waals surface area contributed by atoms with Crippen LogP contribution in [0.4, 0.5) is 5.82 Å². The second kappa shape index (κ2) is 9.73. The topological polar surface area (TPSA) is 88.4 Å². The number of carbonyl (C=O) groups is 1. The van der Waals surface area contributed by atoms with Crippen molar-refractivity contribution in [2.24, 2.45) is 5.41 Å². The van der Waals surface area contributed by atoms with Crippen molar-refractivity contribution >= 4 is 11.6 Å². The summed E-state index contributed by atoms with van der Waals surface area (Å²) in [6.45, 7) is 8.69. The molecule has 1 N–H and O–H groups in total. The Morgan fingerprint density at radius 3 is 2.77 bits per heavy atom. The van der Waals surface area contributed by atoms with Gasteiger partial charge in [0.25, 0.3) is 0 Å². The Hall–Kier alpha value is -2.54. The molecule has 2 heterocycles. The minimum absolute atomic E-state index is 0.0353. The van der Waals surface area contributed by atoms with Gasteiger partial charge in [-0.1, -0.05) is 27.7 Å². The van der Waals surface area contributed by atoms with Gasteiger partial charge in [0.1, 0.15) is 23.9 Å². The Balaban J connectivity index is 1.86. The van der Waals surface area contributed by atoms with Gasteiger partial charge in [0, 0.05) is 37.0 Å². The fourth-order valence-electron chi connectivity index (χ4n) is 3.76. The van der Waals surface area contributed by atoms with Gasteiger partial charge >= 0.3 is 0 Å². The first-order valence-corrected chi connectivity index (χ1v) is 11.1. The molecular formula is C24H34N4O3. The van der Waals surface area contributed by atoms with Crippen molar-refractivity contribution in [2.75, 3.05) is 25.1 Å². The summed E-state index contributed by atoms with van der Waals surface area (Å²) in [5.41, 5.74) is 2.75. The maximum Gasteiger partial charge on any atom is 0.180 e. The number of carbonyl (C=O) groups excluding carboxylic acids is 1. The van der Waals surface area contributed by atoms with Crippen LogP contribution >= 0.6 is 0 Å². The number of fused-ring (bicyclic) bond motifs is 1. The summed E-state index contributed by atoms with van der Waals surface area (Å²) in [6, 6.07) is 3.56. The number of aryl methyl sites for hydroxylation is 1. The van der Waals surface area contributed by atoms with Crippen LogP contribution in [0.5, 0.6) is 5.75 Å². The van der Waals surface area contributed by atoms with Crippen LogP contribution < -0.4 is 9.64 Å². The van der Waals surface area contributed by atoms with Gasteiger partial charge in [-0.3, -0.25) is 9.78 Å². The van der Waals surface area contributed by atoms with Gasteiger partial charge in [-0.15, -0.1) is 0 Å². The molecule has 0 fully saturated rings. The van der Waals surface area contributed by atoms with Gasteiger partial charge in [0.2, 0.25) is 0 Å². The first-order valence-electron chi connectivity index (χ1n) is 11.1. The standard InChI is InChI=1S/C24H34N4O3/c1-6-16(29)15-31-18-10-11-25-21(12-18)22-26-20-9-7-8-19(20)23(27-22)28(5)14-17(30)13-24(2,3)4/h10-12,16,29H,6-9,13-15H2,1-5H3/t16-/m1/s1. The molecule has 7 nitrogen and oxygen atoms in total. The van der Waals surface area contributed by atoms with Crippen molar-refractivity contribution in [1.82, 2.24) is 15.0 Å². The lowest BCUT2D eigenvalue weighted by molar-refractivity contribution is -0.119. The number of ketones is 1. The lowest BCUT2D eigenvalue weighted by Crippen LogP contribution is -2.30. The molecule has 2 aromatic rings. The number of rotatable bonds is 9. The molecule has 0 spiro atoms. The van der Waals surface area contributed by atoms with Gasteiger partial charge in [-0.25, -0.2) is 9.97 Å². The Bertz CT molecular complexity index is 924. The average Bonchev–Trinajstić information content (AvgIpc) is 3.18. The SMILES string of the molecule is CC[C@@H](O)COc1ccnc(-c2nc3c(c(N(C)CC(=O)CC(C)(C)C)n2)CCC3)c1. The van der Waals surface area contributed by atoms with Gasteiger partial charge < -0.3 is 14.7 Å². The summed E-state index contributed by atoms with van der Waals surface area (Å²) in [7, 11) is 1.92. The molecule has 2 aromatic heterocycles. The van der Waals surface area contributed by atoms with Crippen molar-refractivity contribution < 1.29 is 14.6 Å². The summed E-state index contributed by atoms with van der Waals surface area (Å²) in [4.78, 5) is 28.5. The first-order chi connectivity index (χ1) is 14.7. The number of aromatic nitrogens is 3. The Kier molecular flexibility index (Phi) is 7.26. The fraction of sp³-hybridized carbons (Fsp3) is 0.583. The van der Waals surface area contributed by atoms with Crippen LogP contribution in [-0.4, -0.2) is 52.1 Å². The summed E-state index contributed by atoms with van der Waals surface area (Å²) >= 11 is 0. The number of Topliss-reactive ketones (excluding diaryl/α,β-unsaturated/α-hetero) is 1. The van der Waals surface area contributed by atoms with E-state index < -0.39 is 6.10 Å². The third-order valence-corrected chi connectivity index (χ3v) is 5.29. The molecule has 1 aliphatic carbocycles. The summed E-state index contributed by atoms with van der Waals surface area (Å²) in [5, 5.41) is 9.75. The van der Waals surface area contributed by atoms with Gasteiger partial charge in [-0.05, 0) is 37.2 Å². The van der Waals surface area contributed by atoms with E-state index in [1.807, 2.05) is 18.9 Å². The number of hydrogen-bond donors (Lipinski definition) is 1. The van der Waals surface area contributed by atoms with Crippen molar-refractivity contribution in [1.29, 1.82) is 0 Å². The molecule has 0 aromatic carbocycles. The third kappa shape index (κ3) is 6.23. The Morgan fingerprint density at radius 1 is 1.29 bits per heavy atom. The van der Waals surface area contributed by atoms with Crippen molar-refractivity contribution in [3.8, 4) is 17.3 Å². The maximum atomic E-state index is 12.6. The summed E-state index contributed by atoms with van der Waals surface area (Å²) in [5.74, 6) is 2.17. The van der Waals surface area contributed by atoms with Crippen LogP contribution in [0, 0.1) is 5.41 Å². The van der Waals surface area contributed by atoms with E-state index in [1.165, 1.54) is 0 Å². The third-order valence-electron chi connectivity index (χ3n) is 5.29. The number of pyridine rings is 1. The number of ether oxygens (including phenoxy) is 1. The molecule has 31 heavy (non-hydrogen) atoms. The molecule has 0 saturated carbocycles. The zero-order valence-corrected chi connectivity index (χ0v) is 19.3. The normalized spacial score (nSPS) is 14.3. The Morgan fingerprint density at radius 2 is 2.06 bits per heavy atom. The molecule has 3 rings (SSSR count). The van der Waals surface area contributed by atoms with Gasteiger partial charge in [-0.2, -0.15) is 0 Å². The molecule has 7 heteroatoms. The lowest BCUT2D eigenvalue weighted by Gasteiger charge is -2.23. The van der Waals surface area contributed by atoms with E-state index in [0.717, 1.165) is 36.3 Å². The van der Waals surface area contributed by atoms with Crippen molar-refractivity contribution in [3.05, 3.63) is 29.6 Å². The molecule has 1 aliphatic rings. The van der Waals surface area contributed by atoms with Crippen LogP contribution in [-0.2, 0) is 17.6 Å². The highest BCUT2D eigenvalue weighted by atomic mass is 16.5. The van der Waals surface area contributed by atoms with Crippen LogP contribution in [0.1, 0.15) is 58.2 Å². The van der Waals surface area contributed by atoms with Crippen molar-refractivity contribution in [2.45, 2.75) is 65.9 Å². The molecule has 0 bridgehead atoms. The number of hydrogen-bond acceptors (Lipinski definition) is 7. The fourth-order valence-corrected chi connectivity index (χ4v) is 3.76. The zero-order chi connectivity index (χ0) is 22.6. The monoisotopic (exact) mass is 426 g/mol. The highest BCUT2D eigenvalue weighted by molar-refractivity contribution is 5.84. The minimum atomic E-state index is -0.501. The van der Waals surface area contributed by atoms with E-state index in [1.54, 1.807) is 18.3 Å². The second-order valence-electron chi connectivity index (χ2n) is 9.53. The number of anilines is 1. The van der Waals surface area contributed by atoms with E-state index in [4.69, 9.17) is 14.7 Å². The molecule has 0 saturated heterocycles. The van der Waals surface area contributed by atoms with Crippen LogP contribution in [0.2, 0.25) is 0 Å². The number of likely N-dealkylation sites (N-methyl/N-ethyl adjacent to an activating group) is 1. The van der Waals surface area contributed by atoms with Crippen LogP contribution in [0.15, 0.2) is 18.3 Å². The van der Waals surface area contributed by atoms with E-state index in [0.29, 0.717) is 36.7 Å². The molecular weight excluding hydrogens is 392 g/mol. The van der Waals surface area contributed by atoms with Crippen LogP contribution in [0.25, 0.3) is 11.5 Å². The molecule has 1 atom stereocenters. The Labute approximate surface area is 184 Å². The number of aliphatic hydroxyl groups excluding tert-OH is 1. The smallest absolute Gasteiger partial charge is 0.180 e. The molecule has 0 aliphatic heterocycles.